The third-order valence-corrected chi connectivity index (χ3v) is 3.09. The van der Waals surface area contributed by atoms with Crippen LogP contribution in [0.3, 0.4) is 0 Å². The first-order valence-electron chi connectivity index (χ1n) is 4.26. The molecule has 2 N–H and O–H groups in total. The molecule has 4 heteroatoms. The maximum atomic E-state index is 11.5. The monoisotopic (exact) mass is 208 g/mol. The first kappa shape index (κ1) is 10.9. The molecule has 1 aromatic carbocycles. The van der Waals surface area contributed by atoms with E-state index >= 15 is 0 Å². The molecule has 0 aliphatic carbocycles. The Bertz CT molecular complexity index is 345. The van der Waals surface area contributed by atoms with Gasteiger partial charge in [0.15, 0.2) is 0 Å². The fourth-order valence-corrected chi connectivity index (χ4v) is 2.21. The van der Waals surface area contributed by atoms with E-state index in [4.69, 9.17) is 11.0 Å². The van der Waals surface area contributed by atoms with Crippen LogP contribution in [0.25, 0.3) is 0 Å². The summed E-state index contributed by atoms with van der Waals surface area (Å²) in [6.45, 7) is 0. The lowest BCUT2D eigenvalue weighted by molar-refractivity contribution is 0.679. The van der Waals surface area contributed by atoms with E-state index in [1.807, 2.05) is 36.4 Å². The largest absolute Gasteiger partial charge is 0.315 e. The Balaban J connectivity index is 2.47. The molecular formula is C10H12N2OS. The maximum Gasteiger partial charge on any atom is 0.104 e. The molecular weight excluding hydrogens is 196 g/mol. The highest BCUT2D eigenvalue weighted by Gasteiger charge is 2.07. The van der Waals surface area contributed by atoms with Crippen molar-refractivity contribution in [1.29, 1.82) is 5.26 Å². The van der Waals surface area contributed by atoms with Crippen LogP contribution < -0.4 is 5.73 Å². The molecule has 14 heavy (non-hydrogen) atoms. The van der Waals surface area contributed by atoms with Gasteiger partial charge in [0, 0.05) is 16.6 Å². The standard InChI is InChI=1S/C10H12N2OS/c11-6-10(12)8-14(13)7-9-4-2-1-3-5-9/h1-5,10H,7-8,12H2. The minimum atomic E-state index is -1.05. The molecule has 0 saturated carbocycles. The molecule has 2 atom stereocenters. The van der Waals surface area contributed by atoms with E-state index in [1.165, 1.54) is 0 Å². The summed E-state index contributed by atoms with van der Waals surface area (Å²) in [7, 11) is -1.05. The molecule has 0 aromatic heterocycles. The predicted molar refractivity (Wildman–Crippen MR) is 56.7 cm³/mol. The van der Waals surface area contributed by atoms with Gasteiger partial charge < -0.3 is 5.73 Å². The molecule has 0 fully saturated rings. The van der Waals surface area contributed by atoms with Crippen LogP contribution in [0.4, 0.5) is 0 Å². The first-order valence-corrected chi connectivity index (χ1v) is 5.75. The van der Waals surface area contributed by atoms with E-state index in [0.717, 1.165) is 5.56 Å². The van der Waals surface area contributed by atoms with Gasteiger partial charge in [-0.25, -0.2) is 0 Å². The van der Waals surface area contributed by atoms with Gasteiger partial charge in [0.25, 0.3) is 0 Å². The van der Waals surface area contributed by atoms with Crippen molar-refractivity contribution in [2.75, 3.05) is 5.75 Å². The van der Waals surface area contributed by atoms with Gasteiger partial charge in [0.1, 0.15) is 6.04 Å². The lowest BCUT2D eigenvalue weighted by Crippen LogP contribution is -2.25. The van der Waals surface area contributed by atoms with E-state index < -0.39 is 16.8 Å². The molecule has 0 saturated heterocycles. The quantitative estimate of drug-likeness (QED) is 0.795. The normalized spacial score (nSPS) is 14.3. The van der Waals surface area contributed by atoms with Gasteiger partial charge in [-0.05, 0) is 5.56 Å². The summed E-state index contributed by atoms with van der Waals surface area (Å²) < 4.78 is 11.5. The zero-order valence-electron chi connectivity index (χ0n) is 7.72. The van der Waals surface area contributed by atoms with Crippen molar-refractivity contribution in [2.24, 2.45) is 5.73 Å². The van der Waals surface area contributed by atoms with E-state index in [-0.39, 0.29) is 5.75 Å². The number of nitriles is 1. The predicted octanol–water partition coefficient (Wildman–Crippen LogP) is 0.786. The number of nitrogens with two attached hydrogens (primary N) is 1. The molecule has 0 bridgehead atoms. The summed E-state index contributed by atoms with van der Waals surface area (Å²) in [4.78, 5) is 0. The third-order valence-electron chi connectivity index (χ3n) is 1.70. The number of nitrogens with zero attached hydrogens (tertiary/aromatic N) is 1. The molecule has 0 aliphatic rings. The summed E-state index contributed by atoms with van der Waals surface area (Å²) in [5, 5.41) is 8.44. The van der Waals surface area contributed by atoms with Crippen LogP contribution in [0.15, 0.2) is 30.3 Å². The third kappa shape index (κ3) is 3.69. The maximum absolute atomic E-state index is 11.5. The fourth-order valence-electron chi connectivity index (χ4n) is 1.06. The van der Waals surface area contributed by atoms with Gasteiger partial charge in [-0.3, -0.25) is 4.21 Å². The van der Waals surface area contributed by atoms with Gasteiger partial charge in [0.2, 0.25) is 0 Å². The van der Waals surface area contributed by atoms with Crippen LogP contribution in [-0.4, -0.2) is 16.0 Å². The van der Waals surface area contributed by atoms with Gasteiger partial charge in [-0.1, -0.05) is 30.3 Å². The average Bonchev–Trinajstić information content (AvgIpc) is 2.19. The summed E-state index contributed by atoms with van der Waals surface area (Å²) in [6, 6.07) is 10.8. The van der Waals surface area contributed by atoms with Crippen molar-refractivity contribution in [3.63, 3.8) is 0 Å². The van der Waals surface area contributed by atoms with Crippen molar-refractivity contribution >= 4 is 10.8 Å². The molecule has 3 nitrogen and oxygen atoms in total. The Morgan fingerprint density at radius 1 is 1.43 bits per heavy atom. The Morgan fingerprint density at radius 2 is 2.07 bits per heavy atom. The number of hydrogen-bond donors (Lipinski definition) is 1. The van der Waals surface area contributed by atoms with Gasteiger partial charge in [-0.2, -0.15) is 5.26 Å². The molecule has 1 aromatic rings. The SMILES string of the molecule is N#CC(N)CS(=O)Cc1ccccc1. The highest BCUT2D eigenvalue weighted by molar-refractivity contribution is 7.84. The van der Waals surface area contributed by atoms with Crippen molar-refractivity contribution in [3.8, 4) is 6.07 Å². The first-order chi connectivity index (χ1) is 6.72. The van der Waals surface area contributed by atoms with Crippen molar-refractivity contribution in [2.45, 2.75) is 11.8 Å². The molecule has 0 radical (unpaired) electrons. The zero-order chi connectivity index (χ0) is 10.4. The summed E-state index contributed by atoms with van der Waals surface area (Å²) >= 11 is 0. The van der Waals surface area contributed by atoms with Crippen LogP contribution in [0.2, 0.25) is 0 Å². The van der Waals surface area contributed by atoms with Crippen LogP contribution >= 0.6 is 0 Å². The second-order valence-corrected chi connectivity index (χ2v) is 4.47. The molecule has 0 amide bonds. The van der Waals surface area contributed by atoms with Crippen LogP contribution in [0, 0.1) is 11.3 Å². The average molecular weight is 208 g/mol. The fraction of sp³-hybridized carbons (Fsp3) is 0.300. The zero-order valence-corrected chi connectivity index (χ0v) is 8.54. The molecule has 0 aliphatic heterocycles. The van der Waals surface area contributed by atoms with Crippen LogP contribution in [0.5, 0.6) is 0 Å². The topological polar surface area (TPSA) is 66.9 Å². The summed E-state index contributed by atoms with van der Waals surface area (Å²) in [5.41, 5.74) is 6.38. The highest BCUT2D eigenvalue weighted by atomic mass is 32.2. The molecule has 2 unspecified atom stereocenters. The van der Waals surface area contributed by atoms with Gasteiger partial charge >= 0.3 is 0 Å². The van der Waals surface area contributed by atoms with Gasteiger partial charge in [-0.15, -0.1) is 0 Å². The van der Waals surface area contributed by atoms with Crippen molar-refractivity contribution in [1.82, 2.24) is 0 Å². The summed E-state index contributed by atoms with van der Waals surface area (Å²) in [5.74, 6) is 0.710. The Morgan fingerprint density at radius 3 is 2.64 bits per heavy atom. The second kappa shape index (κ2) is 5.53. The number of hydrogen-bond acceptors (Lipinski definition) is 3. The van der Waals surface area contributed by atoms with Crippen molar-refractivity contribution in [3.05, 3.63) is 35.9 Å². The summed E-state index contributed by atoms with van der Waals surface area (Å²) in [6.07, 6.45) is 0. The smallest absolute Gasteiger partial charge is 0.104 e. The molecule has 0 spiro atoms. The number of rotatable bonds is 4. The molecule has 74 valence electrons. The van der Waals surface area contributed by atoms with Crippen LogP contribution in [-0.2, 0) is 16.6 Å². The van der Waals surface area contributed by atoms with Crippen LogP contribution in [0.1, 0.15) is 5.56 Å². The lowest BCUT2D eigenvalue weighted by atomic mass is 10.2. The van der Waals surface area contributed by atoms with Gasteiger partial charge in [0.05, 0.1) is 11.8 Å². The molecule has 1 rings (SSSR count). The van der Waals surface area contributed by atoms with E-state index in [1.54, 1.807) is 0 Å². The Hall–Kier alpha value is -1.18. The van der Waals surface area contributed by atoms with E-state index in [9.17, 15) is 4.21 Å². The molecule has 0 heterocycles. The Labute approximate surface area is 86.0 Å². The van der Waals surface area contributed by atoms with E-state index in [0.29, 0.717) is 5.75 Å². The lowest BCUT2D eigenvalue weighted by Gasteiger charge is -2.03. The highest BCUT2D eigenvalue weighted by Crippen LogP contribution is 2.03. The van der Waals surface area contributed by atoms with E-state index in [2.05, 4.69) is 0 Å². The minimum absolute atomic E-state index is 0.241. The second-order valence-electron chi connectivity index (χ2n) is 2.97. The minimum Gasteiger partial charge on any atom is -0.315 e. The Kier molecular flexibility index (Phi) is 4.30. The number of benzene rings is 1. The van der Waals surface area contributed by atoms with Crippen molar-refractivity contribution < 1.29 is 4.21 Å².